The summed E-state index contributed by atoms with van der Waals surface area (Å²) >= 11 is 1.14. The Labute approximate surface area is 179 Å². The third-order valence-electron chi connectivity index (χ3n) is 4.63. The summed E-state index contributed by atoms with van der Waals surface area (Å²) in [5.41, 5.74) is 7.13. The number of carbonyl (C=O) groups excluding carboxylic acids is 1. The SMILES string of the molecule is CSc1nc(NN)c(C(N)=O)c(Nc2cc(F)c(N3CCN(C(=O)O)CC3)cc2F)n1. The minimum absolute atomic E-state index is 0.0000164. The summed E-state index contributed by atoms with van der Waals surface area (Å²) in [5, 5.41) is 11.8. The van der Waals surface area contributed by atoms with Crippen molar-refractivity contribution in [1.82, 2.24) is 14.9 Å². The molecule has 0 bridgehead atoms. The van der Waals surface area contributed by atoms with Gasteiger partial charge in [0, 0.05) is 38.3 Å². The van der Waals surface area contributed by atoms with E-state index in [1.165, 1.54) is 4.90 Å². The first-order valence-corrected chi connectivity index (χ1v) is 10.2. The Morgan fingerprint density at radius 2 is 1.77 bits per heavy atom. The van der Waals surface area contributed by atoms with E-state index >= 15 is 0 Å². The number of halogens is 2. The van der Waals surface area contributed by atoms with Crippen molar-refractivity contribution in [2.75, 3.05) is 48.1 Å². The van der Waals surface area contributed by atoms with Crippen molar-refractivity contribution in [1.29, 1.82) is 0 Å². The molecule has 1 aromatic heterocycles. The van der Waals surface area contributed by atoms with Crippen molar-refractivity contribution in [3.63, 3.8) is 0 Å². The number of rotatable bonds is 6. The van der Waals surface area contributed by atoms with Gasteiger partial charge in [-0.25, -0.2) is 29.4 Å². The van der Waals surface area contributed by atoms with Crippen molar-refractivity contribution in [2.45, 2.75) is 5.16 Å². The van der Waals surface area contributed by atoms with Gasteiger partial charge in [0.05, 0.1) is 11.4 Å². The van der Waals surface area contributed by atoms with E-state index in [-0.39, 0.29) is 59.9 Å². The maximum atomic E-state index is 14.8. The predicted octanol–water partition coefficient (Wildman–Crippen LogP) is 1.40. The van der Waals surface area contributed by atoms with Gasteiger partial charge in [-0.3, -0.25) is 4.79 Å². The number of aromatic nitrogens is 2. The molecule has 1 fully saturated rings. The van der Waals surface area contributed by atoms with Crippen LogP contribution in [0.25, 0.3) is 0 Å². The summed E-state index contributed by atoms with van der Waals surface area (Å²) in [4.78, 5) is 33.8. The summed E-state index contributed by atoms with van der Waals surface area (Å²) in [7, 11) is 0. The van der Waals surface area contributed by atoms with Gasteiger partial charge < -0.3 is 31.4 Å². The number of amides is 2. The summed E-state index contributed by atoms with van der Waals surface area (Å²) < 4.78 is 29.6. The zero-order valence-electron chi connectivity index (χ0n) is 16.4. The average Bonchev–Trinajstić information content (AvgIpc) is 2.75. The van der Waals surface area contributed by atoms with Crippen molar-refractivity contribution in [3.05, 3.63) is 29.3 Å². The van der Waals surface area contributed by atoms with Gasteiger partial charge in [-0.1, -0.05) is 11.8 Å². The lowest BCUT2D eigenvalue weighted by Gasteiger charge is -2.34. The molecule has 7 N–H and O–H groups in total. The number of nitrogens with two attached hydrogens (primary N) is 2. The Morgan fingerprint density at radius 3 is 2.32 bits per heavy atom. The smallest absolute Gasteiger partial charge is 0.407 e. The third kappa shape index (κ3) is 4.69. The summed E-state index contributed by atoms with van der Waals surface area (Å²) in [6.07, 6.45) is 0.625. The Kier molecular flexibility index (Phi) is 6.60. The lowest BCUT2D eigenvalue weighted by molar-refractivity contribution is 0.100. The Hall–Kier alpha value is -3.39. The van der Waals surface area contributed by atoms with E-state index < -0.39 is 23.6 Å². The van der Waals surface area contributed by atoms with Crippen LogP contribution in [0.4, 0.5) is 36.6 Å². The van der Waals surface area contributed by atoms with Crippen LogP contribution >= 0.6 is 11.8 Å². The second kappa shape index (κ2) is 9.18. The lowest BCUT2D eigenvalue weighted by Crippen LogP contribution is -2.48. The zero-order chi connectivity index (χ0) is 22.7. The molecule has 1 aromatic carbocycles. The zero-order valence-corrected chi connectivity index (χ0v) is 17.2. The monoisotopic (exact) mass is 454 g/mol. The highest BCUT2D eigenvalue weighted by Crippen LogP contribution is 2.31. The number of piperazine rings is 1. The first-order valence-electron chi connectivity index (χ1n) is 8.96. The highest BCUT2D eigenvalue weighted by atomic mass is 32.2. The summed E-state index contributed by atoms with van der Waals surface area (Å²) in [6, 6.07) is 1.92. The lowest BCUT2D eigenvalue weighted by atomic mass is 10.2. The molecule has 14 heteroatoms. The third-order valence-corrected chi connectivity index (χ3v) is 5.18. The van der Waals surface area contributed by atoms with E-state index in [0.29, 0.717) is 0 Å². The molecule has 1 aliphatic rings. The molecule has 2 amide bonds. The molecule has 0 spiro atoms. The maximum Gasteiger partial charge on any atom is 0.407 e. The van der Waals surface area contributed by atoms with Crippen LogP contribution < -0.4 is 27.2 Å². The van der Waals surface area contributed by atoms with E-state index in [2.05, 4.69) is 20.7 Å². The number of anilines is 4. The number of nitrogens with one attached hydrogen (secondary N) is 2. The number of nitrogens with zero attached hydrogens (tertiary/aromatic N) is 4. The molecule has 0 radical (unpaired) electrons. The van der Waals surface area contributed by atoms with Gasteiger partial charge in [-0.2, -0.15) is 0 Å². The van der Waals surface area contributed by atoms with Crippen LogP contribution in [0.5, 0.6) is 0 Å². The molecule has 2 heterocycles. The molecule has 11 nitrogen and oxygen atoms in total. The number of primary amides is 1. The van der Waals surface area contributed by atoms with Gasteiger partial charge in [-0.05, 0) is 6.26 Å². The number of hydrazine groups is 1. The summed E-state index contributed by atoms with van der Waals surface area (Å²) in [5.74, 6) is 2.73. The van der Waals surface area contributed by atoms with Crippen molar-refractivity contribution in [2.24, 2.45) is 11.6 Å². The highest BCUT2D eigenvalue weighted by Gasteiger charge is 2.25. The number of hydrogen-bond acceptors (Lipinski definition) is 9. The Balaban J connectivity index is 1.91. The Morgan fingerprint density at radius 1 is 1.13 bits per heavy atom. The van der Waals surface area contributed by atoms with Gasteiger partial charge in [0.2, 0.25) is 0 Å². The predicted molar refractivity (Wildman–Crippen MR) is 112 cm³/mol. The highest BCUT2D eigenvalue weighted by molar-refractivity contribution is 7.98. The quantitative estimate of drug-likeness (QED) is 0.187. The molecule has 3 rings (SSSR count). The molecule has 0 atom stereocenters. The standard InChI is InChI=1S/C17H20F2N8O3S/c1-31-16-23-14(12(13(20)28)15(24-16)25-21)22-10-6-9(19)11(7-8(10)18)26-2-4-27(5-3-26)17(29)30/h6-7H,2-5,21H2,1H3,(H2,20,28)(H,29,30)(H2,22,23,24,25). The second-order valence-corrected chi connectivity index (χ2v) is 7.23. The second-order valence-electron chi connectivity index (χ2n) is 6.46. The van der Waals surface area contributed by atoms with Crippen molar-refractivity contribution in [3.8, 4) is 0 Å². The fraction of sp³-hybridized carbons (Fsp3) is 0.294. The Bertz CT molecular complexity index is 1020. The molecular formula is C17H20F2N8O3S. The normalized spacial score (nSPS) is 13.8. The number of hydrogen-bond donors (Lipinski definition) is 5. The van der Waals surface area contributed by atoms with Crippen molar-refractivity contribution >= 4 is 46.8 Å². The molecule has 31 heavy (non-hydrogen) atoms. The number of benzene rings is 1. The average molecular weight is 454 g/mol. The number of nitrogen functional groups attached to an aromatic ring is 1. The molecule has 1 saturated heterocycles. The first kappa shape index (κ1) is 22.3. The molecule has 0 aliphatic carbocycles. The first-order chi connectivity index (χ1) is 14.7. The molecule has 166 valence electrons. The van der Waals surface area contributed by atoms with Gasteiger partial charge >= 0.3 is 6.09 Å². The van der Waals surface area contributed by atoms with E-state index in [9.17, 15) is 18.4 Å². The fourth-order valence-electron chi connectivity index (χ4n) is 3.10. The largest absolute Gasteiger partial charge is 0.465 e. The molecule has 2 aromatic rings. The van der Waals surface area contributed by atoms with Crippen LogP contribution in [0.3, 0.4) is 0 Å². The molecule has 0 saturated carbocycles. The number of carboxylic acid groups (broad SMARTS) is 1. The summed E-state index contributed by atoms with van der Waals surface area (Å²) in [6.45, 7) is 0.781. The van der Waals surface area contributed by atoms with Crippen LogP contribution in [0.15, 0.2) is 17.3 Å². The number of thioether (sulfide) groups is 1. The van der Waals surface area contributed by atoms with Gasteiger partial charge in [0.25, 0.3) is 5.91 Å². The van der Waals surface area contributed by atoms with Crippen LogP contribution in [-0.4, -0.2) is 64.4 Å². The fourth-order valence-corrected chi connectivity index (χ4v) is 3.47. The van der Waals surface area contributed by atoms with Crippen LogP contribution in [0.2, 0.25) is 0 Å². The molecule has 0 unspecified atom stereocenters. The number of carbonyl (C=O) groups is 2. The van der Waals surface area contributed by atoms with E-state index in [0.717, 1.165) is 23.9 Å². The van der Waals surface area contributed by atoms with Crippen LogP contribution in [0, 0.1) is 11.6 Å². The van der Waals surface area contributed by atoms with Crippen LogP contribution in [0.1, 0.15) is 10.4 Å². The minimum Gasteiger partial charge on any atom is -0.465 e. The van der Waals surface area contributed by atoms with E-state index in [1.54, 1.807) is 11.2 Å². The van der Waals surface area contributed by atoms with Crippen molar-refractivity contribution < 1.29 is 23.5 Å². The van der Waals surface area contributed by atoms with Gasteiger partial charge in [0.1, 0.15) is 23.0 Å². The van der Waals surface area contributed by atoms with E-state index in [4.69, 9.17) is 16.7 Å². The molecule has 1 aliphatic heterocycles. The van der Waals surface area contributed by atoms with Gasteiger partial charge in [0.15, 0.2) is 11.0 Å². The minimum atomic E-state index is -1.06. The van der Waals surface area contributed by atoms with Gasteiger partial charge in [-0.15, -0.1) is 0 Å². The van der Waals surface area contributed by atoms with E-state index in [1.807, 2.05) is 0 Å². The van der Waals surface area contributed by atoms with Crippen LogP contribution in [-0.2, 0) is 0 Å². The topological polar surface area (TPSA) is 163 Å². The maximum absolute atomic E-state index is 14.8. The molecular weight excluding hydrogens is 434 g/mol.